The molecule has 2 amide bonds. The van der Waals surface area contributed by atoms with Crippen molar-refractivity contribution in [2.24, 2.45) is 0 Å². The van der Waals surface area contributed by atoms with Crippen molar-refractivity contribution in [1.29, 1.82) is 0 Å². The van der Waals surface area contributed by atoms with Crippen molar-refractivity contribution in [2.45, 2.75) is 26.8 Å². The number of aryl methyl sites for hydroxylation is 2. The van der Waals surface area contributed by atoms with Crippen molar-refractivity contribution >= 4 is 11.7 Å². The summed E-state index contributed by atoms with van der Waals surface area (Å²) >= 11 is 0. The van der Waals surface area contributed by atoms with E-state index >= 15 is 0 Å². The number of furan rings is 1. The second kappa shape index (κ2) is 5.77. The maximum absolute atomic E-state index is 13.6. The number of halogens is 1. The predicted molar refractivity (Wildman–Crippen MR) is 75.2 cm³/mol. The summed E-state index contributed by atoms with van der Waals surface area (Å²) in [6, 6.07) is 7.49. The first kappa shape index (κ1) is 14.1. The topological polar surface area (TPSA) is 54.3 Å². The summed E-state index contributed by atoms with van der Waals surface area (Å²) in [6.45, 7) is 5.41. The number of rotatable bonds is 3. The Bertz CT molecular complexity index is 622. The molecule has 4 nitrogen and oxygen atoms in total. The number of carbonyl (C=O) groups excluding carboxylic acids is 1. The summed E-state index contributed by atoms with van der Waals surface area (Å²) in [7, 11) is 0. The van der Waals surface area contributed by atoms with Crippen molar-refractivity contribution in [1.82, 2.24) is 5.32 Å². The number of amides is 2. The summed E-state index contributed by atoms with van der Waals surface area (Å²) in [5.74, 6) is 0.974. The lowest BCUT2D eigenvalue weighted by Gasteiger charge is -2.13. The average molecular weight is 276 g/mol. The van der Waals surface area contributed by atoms with Gasteiger partial charge in [0.2, 0.25) is 0 Å². The van der Waals surface area contributed by atoms with E-state index < -0.39 is 11.8 Å². The minimum atomic E-state index is -0.477. The van der Waals surface area contributed by atoms with Crippen LogP contribution in [0.25, 0.3) is 0 Å². The first-order chi connectivity index (χ1) is 9.45. The van der Waals surface area contributed by atoms with E-state index in [1.54, 1.807) is 26.0 Å². The Morgan fingerprint density at radius 2 is 2.00 bits per heavy atom. The van der Waals surface area contributed by atoms with Gasteiger partial charge in [0.25, 0.3) is 0 Å². The quantitative estimate of drug-likeness (QED) is 0.892. The molecule has 0 aliphatic carbocycles. The lowest BCUT2D eigenvalue weighted by atomic mass is 10.2. The van der Waals surface area contributed by atoms with Crippen LogP contribution in [0.5, 0.6) is 0 Å². The summed E-state index contributed by atoms with van der Waals surface area (Å²) in [6.07, 6.45) is 0. The molecule has 0 unspecified atom stereocenters. The second-order valence-corrected chi connectivity index (χ2v) is 4.75. The lowest BCUT2D eigenvalue weighted by Crippen LogP contribution is -2.31. The van der Waals surface area contributed by atoms with Gasteiger partial charge in [-0.05, 0) is 50.6 Å². The highest BCUT2D eigenvalue weighted by molar-refractivity contribution is 5.89. The summed E-state index contributed by atoms with van der Waals surface area (Å²) < 4.78 is 19.0. The van der Waals surface area contributed by atoms with Gasteiger partial charge in [-0.2, -0.15) is 0 Å². The Labute approximate surface area is 117 Å². The molecule has 1 atom stereocenters. The number of urea groups is 1. The van der Waals surface area contributed by atoms with Crippen molar-refractivity contribution < 1.29 is 13.6 Å². The Kier molecular flexibility index (Phi) is 4.08. The smallest absolute Gasteiger partial charge is 0.319 e. The van der Waals surface area contributed by atoms with E-state index in [0.717, 1.165) is 11.3 Å². The van der Waals surface area contributed by atoms with Gasteiger partial charge in [-0.3, -0.25) is 0 Å². The van der Waals surface area contributed by atoms with E-state index in [-0.39, 0.29) is 11.7 Å². The molecule has 1 aromatic heterocycles. The molecule has 0 aliphatic heterocycles. The highest BCUT2D eigenvalue weighted by atomic mass is 19.1. The van der Waals surface area contributed by atoms with Crippen LogP contribution >= 0.6 is 0 Å². The summed E-state index contributed by atoms with van der Waals surface area (Å²) in [5.41, 5.74) is 0.948. The molecule has 20 heavy (non-hydrogen) atoms. The molecule has 1 heterocycles. The molecule has 1 aromatic carbocycles. The molecular weight excluding hydrogens is 259 g/mol. The van der Waals surface area contributed by atoms with Gasteiger partial charge in [0, 0.05) is 0 Å². The molecule has 0 saturated carbocycles. The zero-order valence-electron chi connectivity index (χ0n) is 11.7. The highest BCUT2D eigenvalue weighted by Gasteiger charge is 2.13. The van der Waals surface area contributed by atoms with Crippen molar-refractivity contribution in [3.8, 4) is 0 Å². The fourth-order valence-electron chi connectivity index (χ4n) is 1.83. The molecule has 0 bridgehead atoms. The number of benzene rings is 1. The van der Waals surface area contributed by atoms with Gasteiger partial charge in [-0.1, -0.05) is 6.07 Å². The van der Waals surface area contributed by atoms with Crippen LogP contribution in [0.2, 0.25) is 0 Å². The van der Waals surface area contributed by atoms with Gasteiger partial charge in [0.1, 0.15) is 17.3 Å². The zero-order chi connectivity index (χ0) is 14.7. The van der Waals surface area contributed by atoms with E-state index in [9.17, 15) is 9.18 Å². The first-order valence-electron chi connectivity index (χ1n) is 6.35. The number of anilines is 1. The van der Waals surface area contributed by atoms with Crippen LogP contribution in [-0.4, -0.2) is 6.03 Å². The summed E-state index contributed by atoms with van der Waals surface area (Å²) in [4.78, 5) is 11.8. The molecule has 106 valence electrons. The van der Waals surface area contributed by atoms with Crippen LogP contribution in [0, 0.1) is 19.7 Å². The standard InChI is InChI=1S/C15H17FN2O2/c1-9-4-6-13(12(16)8-9)18-15(19)17-11(3)14-7-5-10(2)20-14/h4-8,11H,1-3H3,(H2,17,18,19)/t11-/m1/s1. The Morgan fingerprint density at radius 3 is 2.60 bits per heavy atom. The molecule has 0 spiro atoms. The Balaban J connectivity index is 1.98. The average Bonchev–Trinajstić information content (AvgIpc) is 2.79. The van der Waals surface area contributed by atoms with E-state index in [2.05, 4.69) is 10.6 Å². The lowest BCUT2D eigenvalue weighted by molar-refractivity contribution is 0.247. The van der Waals surface area contributed by atoms with Crippen LogP contribution in [-0.2, 0) is 0 Å². The molecule has 2 N–H and O–H groups in total. The van der Waals surface area contributed by atoms with Gasteiger partial charge < -0.3 is 15.1 Å². The maximum atomic E-state index is 13.6. The van der Waals surface area contributed by atoms with Crippen molar-refractivity contribution in [2.75, 3.05) is 5.32 Å². The first-order valence-corrected chi connectivity index (χ1v) is 6.35. The monoisotopic (exact) mass is 276 g/mol. The third-order valence-corrected chi connectivity index (χ3v) is 2.91. The normalized spacial score (nSPS) is 12.0. The van der Waals surface area contributed by atoms with Gasteiger partial charge in [0.15, 0.2) is 0 Å². The number of hydrogen-bond acceptors (Lipinski definition) is 2. The third kappa shape index (κ3) is 3.38. The van der Waals surface area contributed by atoms with Crippen LogP contribution in [0.3, 0.4) is 0 Å². The predicted octanol–water partition coefficient (Wildman–Crippen LogP) is 3.92. The number of hydrogen-bond donors (Lipinski definition) is 2. The number of nitrogens with one attached hydrogen (secondary N) is 2. The fraction of sp³-hybridized carbons (Fsp3) is 0.267. The molecule has 5 heteroatoms. The van der Waals surface area contributed by atoms with Crippen LogP contribution in [0.4, 0.5) is 14.9 Å². The molecule has 0 radical (unpaired) electrons. The molecule has 0 saturated heterocycles. The fourth-order valence-corrected chi connectivity index (χ4v) is 1.83. The third-order valence-electron chi connectivity index (χ3n) is 2.91. The SMILES string of the molecule is Cc1ccc(NC(=O)N[C@H](C)c2ccc(C)o2)c(F)c1. The van der Waals surface area contributed by atoms with Crippen LogP contribution in [0.1, 0.15) is 30.0 Å². The van der Waals surface area contributed by atoms with Gasteiger partial charge in [-0.25, -0.2) is 9.18 Å². The Hall–Kier alpha value is -2.30. The molecule has 0 fully saturated rings. The van der Waals surface area contributed by atoms with Gasteiger partial charge in [0.05, 0.1) is 11.7 Å². The molecule has 2 rings (SSSR count). The van der Waals surface area contributed by atoms with Crippen LogP contribution < -0.4 is 10.6 Å². The van der Waals surface area contributed by atoms with Crippen molar-refractivity contribution in [3.05, 3.63) is 53.2 Å². The van der Waals surface area contributed by atoms with E-state index in [4.69, 9.17) is 4.42 Å². The molecule has 0 aliphatic rings. The molecular formula is C15H17FN2O2. The zero-order valence-corrected chi connectivity index (χ0v) is 11.7. The second-order valence-electron chi connectivity index (χ2n) is 4.75. The largest absolute Gasteiger partial charge is 0.464 e. The summed E-state index contributed by atoms with van der Waals surface area (Å²) in [5, 5.41) is 5.17. The van der Waals surface area contributed by atoms with E-state index in [1.165, 1.54) is 12.1 Å². The Morgan fingerprint density at radius 1 is 1.25 bits per heavy atom. The minimum absolute atomic E-state index is 0.149. The van der Waals surface area contributed by atoms with E-state index in [0.29, 0.717) is 5.76 Å². The maximum Gasteiger partial charge on any atom is 0.319 e. The van der Waals surface area contributed by atoms with E-state index in [1.807, 2.05) is 13.0 Å². The van der Waals surface area contributed by atoms with Gasteiger partial charge >= 0.3 is 6.03 Å². The molecule has 2 aromatic rings. The van der Waals surface area contributed by atoms with Crippen LogP contribution in [0.15, 0.2) is 34.7 Å². The van der Waals surface area contributed by atoms with Gasteiger partial charge in [-0.15, -0.1) is 0 Å². The minimum Gasteiger partial charge on any atom is -0.464 e. The highest BCUT2D eigenvalue weighted by Crippen LogP contribution is 2.17. The van der Waals surface area contributed by atoms with Crippen molar-refractivity contribution in [3.63, 3.8) is 0 Å². The number of carbonyl (C=O) groups is 1.